The van der Waals surface area contributed by atoms with Crippen LogP contribution in [0.1, 0.15) is 20.3 Å². The van der Waals surface area contributed by atoms with Crippen LogP contribution in [0, 0.1) is 0 Å². The van der Waals surface area contributed by atoms with E-state index in [1.165, 1.54) is 9.58 Å². The van der Waals surface area contributed by atoms with E-state index in [1.54, 1.807) is 38.1 Å². The Morgan fingerprint density at radius 3 is 2.57 bits per heavy atom. The van der Waals surface area contributed by atoms with E-state index >= 15 is 0 Å². The second-order valence-electron chi connectivity index (χ2n) is 6.00. The minimum atomic E-state index is -0.878. The van der Waals surface area contributed by atoms with Crippen molar-refractivity contribution in [1.29, 1.82) is 0 Å². The highest BCUT2D eigenvalue weighted by molar-refractivity contribution is 6.06. The normalized spacial score (nSPS) is 16.9. The first-order valence-corrected chi connectivity index (χ1v) is 7.37. The highest BCUT2D eigenvalue weighted by Gasteiger charge is 2.43. The fraction of sp³-hybridized carbons (Fsp3) is 0.400. The van der Waals surface area contributed by atoms with Crippen LogP contribution >= 0.6 is 0 Å². The van der Waals surface area contributed by atoms with Crippen LogP contribution in [-0.4, -0.2) is 43.9 Å². The predicted molar refractivity (Wildman–Crippen MR) is 82.7 cm³/mol. The monoisotopic (exact) mass is 315 g/mol. The minimum absolute atomic E-state index is 0.229. The molecule has 2 aromatic rings. The smallest absolute Gasteiger partial charge is 0.324 e. The molecule has 0 atom stereocenters. The van der Waals surface area contributed by atoms with Crippen LogP contribution in [0.25, 0.3) is 10.9 Å². The van der Waals surface area contributed by atoms with E-state index in [0.29, 0.717) is 17.3 Å². The zero-order valence-corrected chi connectivity index (χ0v) is 12.9. The number of carbonyl (C=O) groups is 2. The summed E-state index contributed by atoms with van der Waals surface area (Å²) in [5, 5.41) is 11.0. The molecule has 1 fully saturated rings. The van der Waals surface area contributed by atoms with Gasteiger partial charge >= 0.3 is 6.03 Å². The third kappa shape index (κ3) is 2.67. The van der Waals surface area contributed by atoms with Gasteiger partial charge in [-0.05, 0) is 32.4 Å². The van der Waals surface area contributed by atoms with Gasteiger partial charge in [-0.25, -0.2) is 9.48 Å². The number of urea groups is 1. The zero-order chi connectivity index (χ0) is 16.6. The van der Waals surface area contributed by atoms with E-state index in [1.807, 2.05) is 0 Å². The quantitative estimate of drug-likeness (QED) is 0.829. The number of fused-ring (bicyclic) bond motifs is 1. The Labute approximate surface area is 132 Å². The average Bonchev–Trinajstić information content (AvgIpc) is 2.71. The van der Waals surface area contributed by atoms with E-state index in [2.05, 4.69) is 15.6 Å². The van der Waals surface area contributed by atoms with Crippen molar-refractivity contribution in [1.82, 2.24) is 25.2 Å². The fourth-order valence-electron chi connectivity index (χ4n) is 2.57. The number of nitrogens with one attached hydrogen (secondary N) is 1. The second kappa shape index (κ2) is 5.45. The van der Waals surface area contributed by atoms with Gasteiger partial charge in [0, 0.05) is 13.1 Å². The van der Waals surface area contributed by atoms with E-state index in [-0.39, 0.29) is 24.6 Å². The maximum Gasteiger partial charge on any atom is 0.325 e. The molecule has 0 saturated carbocycles. The molecular formula is C15H17N5O3. The van der Waals surface area contributed by atoms with Crippen LogP contribution < -0.4 is 10.9 Å². The van der Waals surface area contributed by atoms with Crippen molar-refractivity contribution in [2.45, 2.75) is 32.4 Å². The summed E-state index contributed by atoms with van der Waals surface area (Å²) in [4.78, 5) is 37.3. The first-order valence-electron chi connectivity index (χ1n) is 7.37. The lowest BCUT2D eigenvalue weighted by molar-refractivity contribution is -0.130. The number of imide groups is 1. The summed E-state index contributed by atoms with van der Waals surface area (Å²) in [5.74, 6) is -0.264. The van der Waals surface area contributed by atoms with Crippen molar-refractivity contribution >= 4 is 22.8 Å². The molecule has 1 aliphatic heterocycles. The van der Waals surface area contributed by atoms with Gasteiger partial charge in [0.15, 0.2) is 0 Å². The van der Waals surface area contributed by atoms with Gasteiger partial charge in [-0.2, -0.15) is 0 Å². The molecule has 0 spiro atoms. The average molecular weight is 315 g/mol. The Balaban J connectivity index is 1.70. The lowest BCUT2D eigenvalue weighted by Crippen LogP contribution is -2.40. The van der Waals surface area contributed by atoms with Gasteiger partial charge in [0.2, 0.25) is 0 Å². The first-order chi connectivity index (χ1) is 10.9. The molecule has 0 unspecified atom stereocenters. The Morgan fingerprint density at radius 1 is 1.13 bits per heavy atom. The Kier molecular flexibility index (Phi) is 3.59. The third-order valence-electron chi connectivity index (χ3n) is 3.83. The Morgan fingerprint density at radius 2 is 1.87 bits per heavy atom. The molecular weight excluding hydrogens is 298 g/mol. The second-order valence-corrected chi connectivity index (χ2v) is 6.00. The summed E-state index contributed by atoms with van der Waals surface area (Å²) in [6.45, 7) is 3.84. The van der Waals surface area contributed by atoms with Crippen molar-refractivity contribution in [3.05, 3.63) is 34.6 Å². The van der Waals surface area contributed by atoms with Crippen LogP contribution in [0.4, 0.5) is 4.79 Å². The number of benzene rings is 1. The van der Waals surface area contributed by atoms with Crippen LogP contribution in [0.3, 0.4) is 0 Å². The van der Waals surface area contributed by atoms with Gasteiger partial charge in [-0.1, -0.05) is 17.3 Å². The molecule has 3 rings (SSSR count). The summed E-state index contributed by atoms with van der Waals surface area (Å²) < 4.78 is 1.26. The maximum absolute atomic E-state index is 12.3. The van der Waals surface area contributed by atoms with Crippen molar-refractivity contribution < 1.29 is 9.59 Å². The number of aromatic nitrogens is 3. The molecule has 1 saturated heterocycles. The lowest BCUT2D eigenvalue weighted by Gasteiger charge is -2.15. The molecule has 2 heterocycles. The fourth-order valence-corrected chi connectivity index (χ4v) is 2.57. The number of hydrogen-bond donors (Lipinski definition) is 1. The Hall–Kier alpha value is -2.77. The number of aryl methyl sites for hydroxylation is 1. The number of carbonyl (C=O) groups excluding carboxylic acids is 2. The van der Waals surface area contributed by atoms with Crippen molar-refractivity contribution in [2.24, 2.45) is 0 Å². The van der Waals surface area contributed by atoms with E-state index < -0.39 is 11.6 Å². The molecule has 0 aliphatic carbocycles. The number of rotatable bonds is 4. The maximum atomic E-state index is 12.3. The SMILES string of the molecule is CC1(C)NC(=O)N(CCCn2nnc3ccccc3c2=O)C1=O. The summed E-state index contributed by atoms with van der Waals surface area (Å²) in [6.07, 6.45) is 0.433. The summed E-state index contributed by atoms with van der Waals surface area (Å²) in [7, 11) is 0. The van der Waals surface area contributed by atoms with Crippen LogP contribution in [0.2, 0.25) is 0 Å². The predicted octanol–water partition coefficient (Wildman–Crippen LogP) is 0.512. The summed E-state index contributed by atoms with van der Waals surface area (Å²) >= 11 is 0. The topological polar surface area (TPSA) is 97.2 Å². The van der Waals surface area contributed by atoms with Gasteiger partial charge in [-0.3, -0.25) is 14.5 Å². The molecule has 1 N–H and O–H groups in total. The molecule has 0 bridgehead atoms. The number of hydrogen-bond acceptors (Lipinski definition) is 5. The molecule has 1 aromatic heterocycles. The van der Waals surface area contributed by atoms with Gasteiger partial charge < -0.3 is 5.32 Å². The molecule has 8 nitrogen and oxygen atoms in total. The molecule has 3 amide bonds. The molecule has 1 aliphatic rings. The summed E-state index contributed by atoms with van der Waals surface area (Å²) in [6, 6.07) is 6.58. The van der Waals surface area contributed by atoms with Crippen molar-refractivity contribution in [2.75, 3.05) is 6.54 Å². The van der Waals surface area contributed by atoms with Crippen LogP contribution in [0.5, 0.6) is 0 Å². The number of nitrogens with zero attached hydrogens (tertiary/aromatic N) is 4. The standard InChI is InChI=1S/C15H17N5O3/c1-15(2)13(22)19(14(23)16-15)8-5-9-20-12(21)10-6-3-4-7-11(10)17-18-20/h3-4,6-7H,5,8-9H2,1-2H3,(H,16,23). The van der Waals surface area contributed by atoms with Gasteiger partial charge in [0.25, 0.3) is 11.5 Å². The van der Waals surface area contributed by atoms with E-state index in [4.69, 9.17) is 0 Å². The van der Waals surface area contributed by atoms with Crippen LogP contribution in [0.15, 0.2) is 29.1 Å². The minimum Gasteiger partial charge on any atom is -0.324 e. The van der Waals surface area contributed by atoms with E-state index in [9.17, 15) is 14.4 Å². The van der Waals surface area contributed by atoms with Crippen LogP contribution in [-0.2, 0) is 11.3 Å². The molecule has 1 aromatic carbocycles. The zero-order valence-electron chi connectivity index (χ0n) is 12.9. The largest absolute Gasteiger partial charge is 0.325 e. The Bertz CT molecular complexity index is 842. The lowest BCUT2D eigenvalue weighted by atomic mass is 10.1. The third-order valence-corrected chi connectivity index (χ3v) is 3.83. The summed E-state index contributed by atoms with van der Waals surface area (Å²) in [5.41, 5.74) is -0.561. The molecule has 0 radical (unpaired) electrons. The highest BCUT2D eigenvalue weighted by Crippen LogP contribution is 2.16. The number of amides is 3. The van der Waals surface area contributed by atoms with Gasteiger partial charge in [0.05, 0.1) is 5.39 Å². The first kappa shape index (κ1) is 15.1. The van der Waals surface area contributed by atoms with Gasteiger partial charge in [-0.15, -0.1) is 5.10 Å². The van der Waals surface area contributed by atoms with Crippen molar-refractivity contribution in [3.8, 4) is 0 Å². The van der Waals surface area contributed by atoms with Gasteiger partial charge in [0.1, 0.15) is 11.1 Å². The highest BCUT2D eigenvalue weighted by atomic mass is 16.2. The molecule has 120 valence electrons. The molecule has 8 heteroatoms. The van der Waals surface area contributed by atoms with E-state index in [0.717, 1.165) is 0 Å². The van der Waals surface area contributed by atoms with Crippen molar-refractivity contribution in [3.63, 3.8) is 0 Å². The molecule has 23 heavy (non-hydrogen) atoms.